The van der Waals surface area contributed by atoms with Gasteiger partial charge in [-0.2, -0.15) is 8.75 Å². The predicted molar refractivity (Wildman–Crippen MR) is 81.8 cm³/mol. The summed E-state index contributed by atoms with van der Waals surface area (Å²) in [5.41, 5.74) is 6.82. The van der Waals surface area contributed by atoms with E-state index in [0.717, 1.165) is 23.7 Å². The fraction of sp³-hybridized carbons (Fsp3) is 0.357. The number of benzene rings is 1. The van der Waals surface area contributed by atoms with E-state index in [2.05, 4.69) is 8.75 Å². The van der Waals surface area contributed by atoms with Crippen molar-refractivity contribution >= 4 is 29.2 Å². The van der Waals surface area contributed by atoms with Crippen LogP contribution in [0.5, 0.6) is 0 Å². The predicted octanol–water partition coefficient (Wildman–Crippen LogP) is 3.40. The van der Waals surface area contributed by atoms with Gasteiger partial charge in [-0.3, -0.25) is 4.79 Å². The average Bonchev–Trinajstić information content (AvgIpc) is 2.88. The molecule has 106 valence electrons. The normalized spacial score (nSPS) is 13.9. The van der Waals surface area contributed by atoms with Crippen molar-refractivity contribution in [2.24, 2.45) is 5.73 Å². The van der Waals surface area contributed by atoms with Gasteiger partial charge in [-0.15, -0.1) is 0 Å². The molecule has 1 unspecified atom stereocenters. The SMILES string of the molecule is CCCC(C)(C(N)=O)c1nsnc1-c1ccccc1Cl. The molecule has 0 radical (unpaired) electrons. The molecule has 0 aliphatic heterocycles. The lowest BCUT2D eigenvalue weighted by molar-refractivity contribution is -0.123. The van der Waals surface area contributed by atoms with E-state index < -0.39 is 5.41 Å². The molecule has 0 aliphatic rings. The first-order chi connectivity index (χ1) is 9.50. The van der Waals surface area contributed by atoms with Crippen LogP contribution in [-0.2, 0) is 10.2 Å². The summed E-state index contributed by atoms with van der Waals surface area (Å²) < 4.78 is 8.63. The second kappa shape index (κ2) is 5.89. The van der Waals surface area contributed by atoms with Crippen LogP contribution in [0.15, 0.2) is 24.3 Å². The van der Waals surface area contributed by atoms with Gasteiger partial charge in [0.05, 0.1) is 27.9 Å². The zero-order chi connectivity index (χ0) is 14.8. The number of hydrogen-bond donors (Lipinski definition) is 1. The first kappa shape index (κ1) is 14.9. The number of nitrogens with two attached hydrogens (primary N) is 1. The maximum atomic E-state index is 11.9. The van der Waals surface area contributed by atoms with E-state index in [0.29, 0.717) is 22.8 Å². The number of halogens is 1. The zero-order valence-electron chi connectivity index (χ0n) is 11.4. The summed E-state index contributed by atoms with van der Waals surface area (Å²) in [6.07, 6.45) is 1.46. The molecule has 0 saturated heterocycles. The molecular weight excluding hydrogens is 294 g/mol. The lowest BCUT2D eigenvalue weighted by atomic mass is 9.79. The van der Waals surface area contributed by atoms with Gasteiger partial charge in [0.2, 0.25) is 5.91 Å². The summed E-state index contributed by atoms with van der Waals surface area (Å²) in [6.45, 7) is 3.83. The van der Waals surface area contributed by atoms with Crippen LogP contribution in [0.1, 0.15) is 32.4 Å². The Kier molecular flexibility index (Phi) is 4.40. The largest absolute Gasteiger partial charge is 0.369 e. The number of primary amides is 1. The molecule has 4 nitrogen and oxygen atoms in total. The Morgan fingerprint density at radius 3 is 2.70 bits per heavy atom. The summed E-state index contributed by atoms with van der Waals surface area (Å²) in [7, 11) is 0. The maximum Gasteiger partial charge on any atom is 0.229 e. The van der Waals surface area contributed by atoms with Crippen molar-refractivity contribution in [3.63, 3.8) is 0 Å². The van der Waals surface area contributed by atoms with Crippen molar-refractivity contribution in [1.82, 2.24) is 8.75 Å². The van der Waals surface area contributed by atoms with E-state index in [1.807, 2.05) is 32.0 Å². The zero-order valence-corrected chi connectivity index (χ0v) is 13.0. The number of rotatable bonds is 5. The van der Waals surface area contributed by atoms with E-state index >= 15 is 0 Å². The first-order valence-corrected chi connectivity index (χ1v) is 7.49. The summed E-state index contributed by atoms with van der Waals surface area (Å²) in [6, 6.07) is 7.40. The Bertz CT molecular complexity index is 628. The fourth-order valence-corrected chi connectivity index (χ4v) is 3.14. The second-order valence-electron chi connectivity index (χ2n) is 4.89. The molecule has 1 aromatic heterocycles. The number of hydrogen-bond acceptors (Lipinski definition) is 4. The minimum absolute atomic E-state index is 0.389. The number of carbonyl (C=O) groups excluding carboxylic acids is 1. The summed E-state index contributed by atoms with van der Waals surface area (Å²) in [4.78, 5) is 11.9. The minimum atomic E-state index is -0.823. The molecule has 2 rings (SSSR count). The van der Waals surface area contributed by atoms with Crippen LogP contribution in [0.25, 0.3) is 11.3 Å². The highest BCUT2D eigenvalue weighted by atomic mass is 35.5. The van der Waals surface area contributed by atoms with Crippen LogP contribution < -0.4 is 5.73 Å². The van der Waals surface area contributed by atoms with Crippen molar-refractivity contribution < 1.29 is 4.79 Å². The molecule has 2 N–H and O–H groups in total. The van der Waals surface area contributed by atoms with Crippen molar-refractivity contribution in [3.05, 3.63) is 35.0 Å². The van der Waals surface area contributed by atoms with Gasteiger partial charge in [-0.25, -0.2) is 0 Å². The summed E-state index contributed by atoms with van der Waals surface area (Å²) in [5, 5.41) is 0.588. The number of amides is 1. The topological polar surface area (TPSA) is 68.9 Å². The van der Waals surface area contributed by atoms with Gasteiger partial charge in [-0.1, -0.05) is 43.1 Å². The third-order valence-corrected chi connectivity index (χ3v) is 4.29. The quantitative estimate of drug-likeness (QED) is 0.920. The monoisotopic (exact) mass is 309 g/mol. The van der Waals surface area contributed by atoms with Gasteiger partial charge in [-0.05, 0) is 19.4 Å². The third-order valence-electron chi connectivity index (χ3n) is 3.43. The first-order valence-electron chi connectivity index (χ1n) is 6.38. The molecule has 1 atom stereocenters. The summed E-state index contributed by atoms with van der Waals surface area (Å²) in [5.74, 6) is -0.389. The van der Waals surface area contributed by atoms with Crippen LogP contribution in [0, 0.1) is 0 Å². The van der Waals surface area contributed by atoms with Gasteiger partial charge in [0.15, 0.2) is 0 Å². The molecular formula is C14H16ClN3OS. The Morgan fingerprint density at radius 1 is 1.40 bits per heavy atom. The lowest BCUT2D eigenvalue weighted by Crippen LogP contribution is -2.39. The van der Waals surface area contributed by atoms with Gasteiger partial charge >= 0.3 is 0 Å². The molecule has 1 heterocycles. The number of carbonyl (C=O) groups is 1. The Labute approximate surface area is 127 Å². The fourth-order valence-electron chi connectivity index (χ4n) is 2.24. The van der Waals surface area contributed by atoms with Crippen molar-refractivity contribution in [1.29, 1.82) is 0 Å². The van der Waals surface area contributed by atoms with Crippen molar-refractivity contribution in [2.45, 2.75) is 32.1 Å². The molecule has 0 spiro atoms. The van der Waals surface area contributed by atoms with E-state index in [-0.39, 0.29) is 5.91 Å². The van der Waals surface area contributed by atoms with E-state index in [4.69, 9.17) is 17.3 Å². The van der Waals surface area contributed by atoms with Crippen LogP contribution in [0.2, 0.25) is 5.02 Å². The average molecular weight is 310 g/mol. The highest BCUT2D eigenvalue weighted by molar-refractivity contribution is 6.99. The van der Waals surface area contributed by atoms with Crippen LogP contribution >= 0.6 is 23.3 Å². The second-order valence-corrected chi connectivity index (χ2v) is 5.82. The van der Waals surface area contributed by atoms with E-state index in [9.17, 15) is 4.79 Å². The van der Waals surface area contributed by atoms with Gasteiger partial charge in [0.25, 0.3) is 0 Å². The number of aromatic nitrogens is 2. The molecule has 6 heteroatoms. The molecule has 0 fully saturated rings. The molecule has 0 aliphatic carbocycles. The molecule has 2 aromatic rings. The smallest absolute Gasteiger partial charge is 0.229 e. The van der Waals surface area contributed by atoms with Crippen molar-refractivity contribution in [2.75, 3.05) is 0 Å². The molecule has 1 amide bonds. The van der Waals surface area contributed by atoms with Gasteiger partial charge in [0, 0.05) is 5.56 Å². The summed E-state index contributed by atoms with van der Waals surface area (Å²) >= 11 is 7.29. The Morgan fingerprint density at radius 2 is 2.10 bits per heavy atom. The van der Waals surface area contributed by atoms with E-state index in [1.165, 1.54) is 0 Å². The highest BCUT2D eigenvalue weighted by Gasteiger charge is 2.38. The maximum absolute atomic E-state index is 11.9. The Hall–Kier alpha value is -1.46. The third kappa shape index (κ3) is 2.55. The van der Waals surface area contributed by atoms with Crippen LogP contribution in [-0.4, -0.2) is 14.7 Å². The lowest BCUT2D eigenvalue weighted by Gasteiger charge is -2.24. The standard InChI is InChI=1S/C14H16ClN3OS/c1-3-8-14(2,13(16)19)12-11(17-20-18-12)9-6-4-5-7-10(9)15/h4-7H,3,8H2,1-2H3,(H2,16,19). The van der Waals surface area contributed by atoms with Crippen LogP contribution in [0.4, 0.5) is 0 Å². The molecule has 1 aromatic carbocycles. The highest BCUT2D eigenvalue weighted by Crippen LogP contribution is 2.37. The number of nitrogens with zero attached hydrogens (tertiary/aromatic N) is 2. The Balaban J connectivity index is 2.58. The molecule has 0 saturated carbocycles. The van der Waals surface area contributed by atoms with E-state index in [1.54, 1.807) is 6.07 Å². The minimum Gasteiger partial charge on any atom is -0.369 e. The van der Waals surface area contributed by atoms with Gasteiger partial charge in [0.1, 0.15) is 5.69 Å². The van der Waals surface area contributed by atoms with Crippen LogP contribution in [0.3, 0.4) is 0 Å². The molecule has 0 bridgehead atoms. The van der Waals surface area contributed by atoms with Crippen molar-refractivity contribution in [3.8, 4) is 11.3 Å². The molecule has 20 heavy (non-hydrogen) atoms. The van der Waals surface area contributed by atoms with Gasteiger partial charge < -0.3 is 5.73 Å².